The van der Waals surface area contributed by atoms with Crippen LogP contribution in [0.1, 0.15) is 30.0 Å². The first kappa shape index (κ1) is 22.7. The van der Waals surface area contributed by atoms with E-state index >= 15 is 0 Å². The minimum atomic E-state index is -0.158. The molecule has 0 radical (unpaired) electrons. The molecule has 2 N–H and O–H groups in total. The van der Waals surface area contributed by atoms with E-state index in [2.05, 4.69) is 16.8 Å². The number of carbonyl (C=O) groups is 1. The highest BCUT2D eigenvalue weighted by molar-refractivity contribution is 7.08. The highest BCUT2D eigenvalue weighted by Gasteiger charge is 2.01. The molecule has 0 spiro atoms. The average Bonchev–Trinajstić information content (AvgIpc) is 3.40. The van der Waals surface area contributed by atoms with Crippen molar-refractivity contribution in [2.24, 2.45) is 0 Å². The Labute approximate surface area is 167 Å². The van der Waals surface area contributed by atoms with Crippen molar-refractivity contribution in [2.75, 3.05) is 6.61 Å². The second-order valence-corrected chi connectivity index (χ2v) is 7.85. The van der Waals surface area contributed by atoms with E-state index in [-0.39, 0.29) is 12.7 Å². The number of aliphatic hydroxyl groups is 2. The zero-order valence-electron chi connectivity index (χ0n) is 14.9. The van der Waals surface area contributed by atoms with Crippen molar-refractivity contribution in [1.82, 2.24) is 0 Å². The molecule has 1 unspecified atom stereocenters. The first-order valence-corrected chi connectivity index (χ1v) is 11.3. The monoisotopic (exact) mass is 410 g/mol. The van der Waals surface area contributed by atoms with Gasteiger partial charge >= 0.3 is 0 Å². The van der Waals surface area contributed by atoms with Gasteiger partial charge in [-0.1, -0.05) is 6.92 Å². The molecule has 0 amide bonds. The predicted molar refractivity (Wildman–Crippen MR) is 114 cm³/mol. The molecule has 0 aromatic carbocycles. The van der Waals surface area contributed by atoms with Crippen molar-refractivity contribution in [1.29, 1.82) is 0 Å². The molecule has 3 heterocycles. The topological polar surface area (TPSA) is 57.5 Å². The summed E-state index contributed by atoms with van der Waals surface area (Å²) in [6.07, 6.45) is 3.76. The Bertz CT molecular complexity index is 647. The van der Waals surface area contributed by atoms with E-state index in [0.717, 1.165) is 31.1 Å². The van der Waals surface area contributed by atoms with E-state index in [9.17, 15) is 9.90 Å². The van der Waals surface area contributed by atoms with E-state index in [1.54, 1.807) is 34.0 Å². The highest BCUT2D eigenvalue weighted by Crippen LogP contribution is 2.09. The molecular weight excluding hydrogens is 384 g/mol. The molecular formula is C20H26O3S3. The van der Waals surface area contributed by atoms with Crippen molar-refractivity contribution in [3.8, 4) is 0 Å². The summed E-state index contributed by atoms with van der Waals surface area (Å²) in [5, 5.41) is 29.8. The minimum absolute atomic E-state index is 0.158. The number of thiophene rings is 3. The maximum Gasteiger partial charge on any atom is 0.124 e. The normalized spacial score (nSPS) is 10.9. The van der Waals surface area contributed by atoms with Gasteiger partial charge in [-0.05, 0) is 86.4 Å². The number of hydrogen-bond donors (Lipinski definition) is 2. The lowest BCUT2D eigenvalue weighted by Crippen LogP contribution is -2.07. The van der Waals surface area contributed by atoms with Gasteiger partial charge in [-0.3, -0.25) is 0 Å². The van der Waals surface area contributed by atoms with E-state index < -0.39 is 0 Å². The summed E-state index contributed by atoms with van der Waals surface area (Å²) < 4.78 is 0. The summed E-state index contributed by atoms with van der Waals surface area (Å²) in [6, 6.07) is 6.05. The van der Waals surface area contributed by atoms with Gasteiger partial charge in [0.15, 0.2) is 0 Å². The zero-order valence-corrected chi connectivity index (χ0v) is 17.4. The molecule has 0 bridgehead atoms. The van der Waals surface area contributed by atoms with Crippen molar-refractivity contribution in [3.05, 3.63) is 67.2 Å². The van der Waals surface area contributed by atoms with Crippen LogP contribution in [0.25, 0.3) is 0 Å². The van der Waals surface area contributed by atoms with Crippen molar-refractivity contribution >= 4 is 40.3 Å². The second-order valence-electron chi connectivity index (χ2n) is 5.51. The summed E-state index contributed by atoms with van der Waals surface area (Å²) in [5.74, 6) is 0. The highest BCUT2D eigenvalue weighted by atomic mass is 32.1. The van der Waals surface area contributed by atoms with Gasteiger partial charge in [0, 0.05) is 13.0 Å². The fourth-order valence-corrected chi connectivity index (χ4v) is 3.96. The Morgan fingerprint density at radius 1 is 0.962 bits per heavy atom. The zero-order chi connectivity index (χ0) is 19.0. The maximum atomic E-state index is 9.88. The number of hydrogen-bond acceptors (Lipinski definition) is 6. The molecule has 0 saturated carbocycles. The van der Waals surface area contributed by atoms with Crippen LogP contribution < -0.4 is 0 Å². The first-order chi connectivity index (χ1) is 12.7. The lowest BCUT2D eigenvalue weighted by Gasteiger charge is -2.03. The van der Waals surface area contributed by atoms with Crippen LogP contribution in [-0.2, 0) is 24.1 Å². The van der Waals surface area contributed by atoms with Crippen LogP contribution in [0.2, 0.25) is 0 Å². The lowest BCUT2D eigenvalue weighted by atomic mass is 10.1. The Kier molecular flexibility index (Phi) is 13.0. The third-order valence-corrected chi connectivity index (χ3v) is 5.60. The van der Waals surface area contributed by atoms with Gasteiger partial charge in [-0.2, -0.15) is 34.0 Å². The summed E-state index contributed by atoms with van der Waals surface area (Å²) in [6.45, 7) is 2.26. The fraction of sp³-hybridized carbons (Fsp3) is 0.350. The predicted octanol–water partition coefficient (Wildman–Crippen LogP) is 4.83. The van der Waals surface area contributed by atoms with Crippen LogP contribution in [0.15, 0.2) is 50.5 Å². The fourth-order valence-electron chi connectivity index (χ4n) is 1.89. The maximum absolute atomic E-state index is 9.88. The van der Waals surface area contributed by atoms with Crippen molar-refractivity contribution in [3.63, 3.8) is 0 Å². The molecule has 0 saturated heterocycles. The third-order valence-electron chi connectivity index (χ3n) is 3.40. The minimum Gasteiger partial charge on any atom is -0.396 e. The average molecular weight is 411 g/mol. The Morgan fingerprint density at radius 2 is 1.50 bits per heavy atom. The van der Waals surface area contributed by atoms with Crippen molar-refractivity contribution in [2.45, 2.75) is 38.7 Å². The van der Waals surface area contributed by atoms with Crippen LogP contribution in [-0.4, -0.2) is 29.2 Å². The third kappa shape index (κ3) is 10.6. The first-order valence-electron chi connectivity index (χ1n) is 8.45. The number of aldehydes is 1. The van der Waals surface area contributed by atoms with Crippen LogP contribution in [0.3, 0.4) is 0 Å². The van der Waals surface area contributed by atoms with Gasteiger partial charge in [-0.15, -0.1) is 0 Å². The molecule has 3 aromatic heterocycles. The Balaban J connectivity index is 0.000000197. The van der Waals surface area contributed by atoms with Gasteiger partial charge in [0.2, 0.25) is 0 Å². The van der Waals surface area contributed by atoms with Crippen LogP contribution >= 0.6 is 34.0 Å². The van der Waals surface area contributed by atoms with Gasteiger partial charge in [0.1, 0.15) is 6.29 Å². The Hall–Kier alpha value is -1.31. The molecule has 3 aromatic rings. The summed E-state index contributed by atoms with van der Waals surface area (Å²) in [4.78, 5) is 9.88. The molecule has 0 fully saturated rings. The molecule has 6 heteroatoms. The van der Waals surface area contributed by atoms with E-state index in [4.69, 9.17) is 5.11 Å². The Morgan fingerprint density at radius 3 is 1.92 bits per heavy atom. The van der Waals surface area contributed by atoms with Crippen LogP contribution in [0.4, 0.5) is 0 Å². The molecule has 0 aliphatic rings. The molecule has 0 aliphatic heterocycles. The molecule has 26 heavy (non-hydrogen) atoms. The SMILES string of the molecule is CCC(O)Cc1ccsc1.O=CCc1ccsc1.OCCc1ccsc1. The van der Waals surface area contributed by atoms with Crippen LogP contribution in [0.5, 0.6) is 0 Å². The quantitative estimate of drug-likeness (QED) is 0.548. The summed E-state index contributed by atoms with van der Waals surface area (Å²) >= 11 is 4.97. The lowest BCUT2D eigenvalue weighted by molar-refractivity contribution is -0.107. The second kappa shape index (κ2) is 14.8. The summed E-state index contributed by atoms with van der Waals surface area (Å²) in [5.41, 5.74) is 3.60. The number of rotatable bonds is 7. The standard InChI is InChI=1S/C8H12OS.C6H8OS.C6H6OS/c1-2-8(9)5-7-3-4-10-6-7;2*7-3-1-6-2-4-8-5-6/h3-4,6,8-9H,2,5H2,1H3;2,4-5,7H,1,3H2;2-5H,1H2. The van der Waals surface area contributed by atoms with Crippen molar-refractivity contribution < 1.29 is 15.0 Å². The summed E-state index contributed by atoms with van der Waals surface area (Å²) in [7, 11) is 0. The van der Waals surface area contributed by atoms with Gasteiger partial charge in [0.05, 0.1) is 6.10 Å². The van der Waals surface area contributed by atoms with E-state index in [1.807, 2.05) is 40.6 Å². The number of aliphatic hydroxyl groups excluding tert-OH is 2. The smallest absolute Gasteiger partial charge is 0.124 e. The largest absolute Gasteiger partial charge is 0.396 e. The van der Waals surface area contributed by atoms with Gasteiger partial charge in [-0.25, -0.2) is 0 Å². The van der Waals surface area contributed by atoms with Gasteiger partial charge < -0.3 is 15.0 Å². The van der Waals surface area contributed by atoms with Crippen LogP contribution in [0, 0.1) is 0 Å². The molecule has 3 rings (SSSR count). The molecule has 142 valence electrons. The van der Waals surface area contributed by atoms with E-state index in [0.29, 0.717) is 6.42 Å². The molecule has 1 atom stereocenters. The molecule has 0 aliphatic carbocycles. The van der Waals surface area contributed by atoms with Gasteiger partial charge in [0.25, 0.3) is 0 Å². The van der Waals surface area contributed by atoms with E-state index in [1.165, 1.54) is 11.1 Å². The number of carbonyl (C=O) groups excluding carboxylic acids is 1. The molecule has 3 nitrogen and oxygen atoms in total.